The molecule has 6 heteroatoms. The number of hydrogen-bond donors (Lipinski definition) is 2. The molecule has 2 N–H and O–H groups in total. The molecular weight excluding hydrogens is 242 g/mol. The first-order valence-electron chi connectivity index (χ1n) is 5.27. The normalized spacial score (nSPS) is 11.4. The van der Waals surface area contributed by atoms with Gasteiger partial charge in [0.2, 0.25) is 10.0 Å². The van der Waals surface area contributed by atoms with Crippen LogP contribution in [-0.4, -0.2) is 39.6 Å². The molecule has 0 amide bonds. The Hall–Kier alpha value is -1.11. The van der Waals surface area contributed by atoms with Crippen LogP contribution in [-0.2, 0) is 21.2 Å². The topological polar surface area (TPSA) is 75.6 Å². The van der Waals surface area contributed by atoms with E-state index in [0.717, 1.165) is 5.56 Å². The zero-order chi connectivity index (χ0) is 12.7. The maximum atomic E-state index is 11.5. The van der Waals surface area contributed by atoms with E-state index in [2.05, 4.69) is 4.72 Å². The van der Waals surface area contributed by atoms with Gasteiger partial charge in [0.15, 0.2) is 0 Å². The number of para-hydroxylation sites is 1. The molecule has 0 aliphatic rings. The van der Waals surface area contributed by atoms with Crippen LogP contribution in [0.25, 0.3) is 0 Å². The standard InChI is InChI=1S/C11H17NO4S/c1-16-8-6-10-4-2-3-5-11(10)12-17(14,15)9-7-13/h2-5,12-13H,6-9H2,1H3. The van der Waals surface area contributed by atoms with Gasteiger partial charge in [0.25, 0.3) is 0 Å². The highest BCUT2D eigenvalue weighted by atomic mass is 32.2. The van der Waals surface area contributed by atoms with Crippen LogP contribution in [0.15, 0.2) is 24.3 Å². The molecule has 0 atom stereocenters. The number of hydrogen-bond acceptors (Lipinski definition) is 4. The number of benzene rings is 1. The quantitative estimate of drug-likeness (QED) is 0.752. The first-order chi connectivity index (χ1) is 8.09. The number of nitrogens with one attached hydrogen (secondary N) is 1. The largest absolute Gasteiger partial charge is 0.395 e. The van der Waals surface area contributed by atoms with E-state index in [1.54, 1.807) is 19.2 Å². The zero-order valence-corrected chi connectivity index (χ0v) is 10.5. The lowest BCUT2D eigenvalue weighted by Crippen LogP contribution is -2.19. The number of aliphatic hydroxyl groups is 1. The Kier molecular flexibility index (Phi) is 5.40. The van der Waals surface area contributed by atoms with Gasteiger partial charge in [-0.15, -0.1) is 0 Å². The van der Waals surface area contributed by atoms with Crippen LogP contribution in [0.4, 0.5) is 5.69 Å². The van der Waals surface area contributed by atoms with Crippen molar-refractivity contribution in [2.75, 3.05) is 30.8 Å². The van der Waals surface area contributed by atoms with Crippen molar-refractivity contribution >= 4 is 15.7 Å². The van der Waals surface area contributed by atoms with Crippen molar-refractivity contribution in [1.29, 1.82) is 0 Å². The Morgan fingerprint density at radius 3 is 2.71 bits per heavy atom. The molecule has 0 spiro atoms. The van der Waals surface area contributed by atoms with Crippen molar-refractivity contribution in [3.63, 3.8) is 0 Å². The molecule has 0 aliphatic carbocycles. The summed E-state index contributed by atoms with van der Waals surface area (Å²) in [6.07, 6.45) is 0.633. The predicted molar refractivity (Wildman–Crippen MR) is 66.5 cm³/mol. The Morgan fingerprint density at radius 1 is 1.35 bits per heavy atom. The minimum absolute atomic E-state index is 0.300. The molecule has 0 radical (unpaired) electrons. The first kappa shape index (κ1) is 14.0. The molecule has 0 heterocycles. The second-order valence-corrected chi connectivity index (χ2v) is 5.39. The average Bonchev–Trinajstić information content (AvgIpc) is 2.27. The van der Waals surface area contributed by atoms with Gasteiger partial charge in [0, 0.05) is 7.11 Å². The fraction of sp³-hybridized carbons (Fsp3) is 0.455. The molecule has 1 rings (SSSR count). The highest BCUT2D eigenvalue weighted by Crippen LogP contribution is 2.17. The van der Waals surface area contributed by atoms with Crippen molar-refractivity contribution in [3.05, 3.63) is 29.8 Å². The minimum atomic E-state index is -3.47. The zero-order valence-electron chi connectivity index (χ0n) is 9.72. The van der Waals surface area contributed by atoms with E-state index in [4.69, 9.17) is 9.84 Å². The third-order valence-corrected chi connectivity index (χ3v) is 3.47. The smallest absolute Gasteiger partial charge is 0.234 e. The van der Waals surface area contributed by atoms with E-state index in [1.165, 1.54) is 0 Å². The lowest BCUT2D eigenvalue weighted by atomic mass is 10.1. The molecule has 1 aromatic carbocycles. The van der Waals surface area contributed by atoms with Crippen LogP contribution >= 0.6 is 0 Å². The maximum absolute atomic E-state index is 11.5. The molecule has 0 saturated heterocycles. The molecule has 0 bridgehead atoms. The van der Waals surface area contributed by atoms with Gasteiger partial charge in [0.1, 0.15) is 0 Å². The second kappa shape index (κ2) is 6.58. The van der Waals surface area contributed by atoms with E-state index in [1.807, 2.05) is 12.1 Å². The number of rotatable bonds is 7. The van der Waals surface area contributed by atoms with Crippen molar-refractivity contribution in [1.82, 2.24) is 0 Å². The van der Waals surface area contributed by atoms with E-state index < -0.39 is 16.6 Å². The van der Waals surface area contributed by atoms with Gasteiger partial charge in [-0.2, -0.15) is 0 Å². The average molecular weight is 259 g/mol. The summed E-state index contributed by atoms with van der Waals surface area (Å²) >= 11 is 0. The van der Waals surface area contributed by atoms with Crippen LogP contribution < -0.4 is 4.72 Å². The van der Waals surface area contributed by atoms with E-state index in [-0.39, 0.29) is 5.75 Å². The Morgan fingerprint density at radius 2 is 2.06 bits per heavy atom. The lowest BCUT2D eigenvalue weighted by molar-refractivity contribution is 0.202. The predicted octanol–water partition coefficient (Wildman–Crippen LogP) is 0.609. The number of ether oxygens (including phenoxy) is 1. The van der Waals surface area contributed by atoms with E-state index >= 15 is 0 Å². The van der Waals surface area contributed by atoms with Gasteiger partial charge >= 0.3 is 0 Å². The van der Waals surface area contributed by atoms with Gasteiger partial charge in [0.05, 0.1) is 24.7 Å². The van der Waals surface area contributed by atoms with Gasteiger partial charge in [-0.1, -0.05) is 18.2 Å². The fourth-order valence-electron chi connectivity index (χ4n) is 1.39. The van der Waals surface area contributed by atoms with Gasteiger partial charge in [-0.25, -0.2) is 8.42 Å². The highest BCUT2D eigenvalue weighted by Gasteiger charge is 2.11. The van der Waals surface area contributed by atoms with E-state index in [9.17, 15) is 8.42 Å². The van der Waals surface area contributed by atoms with Gasteiger partial charge in [-0.3, -0.25) is 4.72 Å². The number of aliphatic hydroxyl groups excluding tert-OH is 1. The van der Waals surface area contributed by atoms with Crippen LogP contribution in [0.1, 0.15) is 5.56 Å². The summed E-state index contributed by atoms with van der Waals surface area (Å²) in [5, 5.41) is 8.65. The van der Waals surface area contributed by atoms with Crippen LogP contribution in [0, 0.1) is 0 Å². The molecule has 17 heavy (non-hydrogen) atoms. The summed E-state index contributed by atoms with van der Waals surface area (Å²) in [5.41, 5.74) is 1.41. The number of sulfonamides is 1. The summed E-state index contributed by atoms with van der Waals surface area (Å²) in [6, 6.07) is 7.14. The monoisotopic (exact) mass is 259 g/mol. The molecule has 0 aliphatic heterocycles. The molecular formula is C11H17NO4S. The van der Waals surface area contributed by atoms with Crippen LogP contribution in [0.2, 0.25) is 0 Å². The number of anilines is 1. The van der Waals surface area contributed by atoms with Crippen molar-refractivity contribution in [3.8, 4) is 0 Å². The van der Waals surface area contributed by atoms with Crippen LogP contribution in [0.5, 0.6) is 0 Å². The fourth-order valence-corrected chi connectivity index (χ4v) is 2.27. The maximum Gasteiger partial charge on any atom is 0.234 e. The van der Waals surface area contributed by atoms with Crippen molar-refractivity contribution in [2.45, 2.75) is 6.42 Å². The molecule has 0 fully saturated rings. The SMILES string of the molecule is COCCc1ccccc1NS(=O)(=O)CCO. The summed E-state index contributed by atoms with van der Waals surface area (Å²) in [7, 11) is -1.88. The molecule has 96 valence electrons. The van der Waals surface area contributed by atoms with Crippen molar-refractivity contribution < 1.29 is 18.3 Å². The number of methoxy groups -OCH3 is 1. The van der Waals surface area contributed by atoms with Crippen LogP contribution in [0.3, 0.4) is 0 Å². The van der Waals surface area contributed by atoms with Crippen molar-refractivity contribution in [2.24, 2.45) is 0 Å². The molecule has 0 unspecified atom stereocenters. The minimum Gasteiger partial charge on any atom is -0.395 e. The summed E-state index contributed by atoms with van der Waals surface area (Å²) in [5.74, 6) is -0.300. The Labute approximate surface area is 101 Å². The summed E-state index contributed by atoms with van der Waals surface area (Å²) in [6.45, 7) is 0.133. The van der Waals surface area contributed by atoms with E-state index in [0.29, 0.717) is 18.7 Å². The highest BCUT2D eigenvalue weighted by molar-refractivity contribution is 7.92. The Bertz CT molecular complexity index is 445. The summed E-state index contributed by atoms with van der Waals surface area (Å²) < 4.78 is 30.5. The van der Waals surface area contributed by atoms with Gasteiger partial charge < -0.3 is 9.84 Å². The molecule has 0 aromatic heterocycles. The molecule has 0 saturated carbocycles. The van der Waals surface area contributed by atoms with Gasteiger partial charge in [-0.05, 0) is 18.1 Å². The third kappa shape index (κ3) is 4.72. The lowest BCUT2D eigenvalue weighted by Gasteiger charge is -2.11. The summed E-state index contributed by atoms with van der Waals surface area (Å²) in [4.78, 5) is 0. The molecule has 5 nitrogen and oxygen atoms in total. The first-order valence-corrected chi connectivity index (χ1v) is 6.92. The Balaban J connectivity index is 2.83. The third-order valence-electron chi connectivity index (χ3n) is 2.22. The second-order valence-electron chi connectivity index (χ2n) is 3.54. The molecule has 1 aromatic rings.